The van der Waals surface area contributed by atoms with Crippen molar-refractivity contribution in [2.24, 2.45) is 0 Å². The summed E-state index contributed by atoms with van der Waals surface area (Å²) in [5.74, 6) is 1.57. The molecule has 0 saturated carbocycles. The average molecular weight is 431 g/mol. The number of halogens is 4. The third kappa shape index (κ3) is 4.78. The number of hydrogen-bond acceptors (Lipinski definition) is 8. The highest BCUT2D eigenvalue weighted by Gasteiger charge is 2.32. The van der Waals surface area contributed by atoms with Crippen molar-refractivity contribution in [1.29, 1.82) is 0 Å². The summed E-state index contributed by atoms with van der Waals surface area (Å²) in [6, 6.07) is 0.812. The summed E-state index contributed by atoms with van der Waals surface area (Å²) in [4.78, 5) is 22.5. The molecule has 1 aliphatic rings. The highest BCUT2D eigenvalue weighted by atomic mass is 35.5. The normalized spacial score (nSPS) is 16.7. The van der Waals surface area contributed by atoms with Gasteiger partial charge in [0.15, 0.2) is 5.82 Å². The Kier molecular flexibility index (Phi) is 5.99. The number of piperazine rings is 1. The first-order valence-electron chi connectivity index (χ1n) is 8.96. The Balaban J connectivity index is 1.69. The van der Waals surface area contributed by atoms with E-state index >= 15 is 0 Å². The van der Waals surface area contributed by atoms with E-state index in [1.165, 1.54) is 0 Å². The van der Waals surface area contributed by atoms with Gasteiger partial charge in [-0.3, -0.25) is 4.90 Å². The van der Waals surface area contributed by atoms with Crippen molar-refractivity contribution in [3.05, 3.63) is 28.7 Å². The third-order valence-electron chi connectivity index (χ3n) is 4.74. The van der Waals surface area contributed by atoms with Crippen molar-refractivity contribution < 1.29 is 13.2 Å². The minimum absolute atomic E-state index is 0.0119. The molecular weight excluding hydrogens is 409 g/mol. The Hall–Kier alpha value is -2.40. The van der Waals surface area contributed by atoms with Gasteiger partial charge in [-0.15, -0.1) is 0 Å². The largest absolute Gasteiger partial charge is 0.417 e. The van der Waals surface area contributed by atoms with E-state index in [1.807, 2.05) is 25.9 Å². The molecule has 0 amide bonds. The van der Waals surface area contributed by atoms with Gasteiger partial charge in [0.05, 0.1) is 16.6 Å². The van der Waals surface area contributed by atoms with Crippen LogP contribution in [0.15, 0.2) is 12.3 Å². The second-order valence-electron chi connectivity index (χ2n) is 6.97. The number of nitrogens with zero attached hydrogens (tertiary/aromatic N) is 7. The molecule has 0 spiro atoms. The summed E-state index contributed by atoms with van der Waals surface area (Å²) in [6.07, 6.45) is -3.66. The van der Waals surface area contributed by atoms with Crippen LogP contribution in [0, 0.1) is 0 Å². The highest BCUT2D eigenvalue weighted by molar-refractivity contribution is 6.33. The number of nitrogen functional groups attached to an aromatic ring is 1. The number of alkyl halides is 3. The number of aromatic nitrogens is 4. The second-order valence-corrected chi connectivity index (χ2v) is 7.38. The lowest BCUT2D eigenvalue weighted by Gasteiger charge is -2.38. The monoisotopic (exact) mass is 430 g/mol. The smallest absolute Gasteiger partial charge is 0.368 e. The summed E-state index contributed by atoms with van der Waals surface area (Å²) in [7, 11) is 3.64. The zero-order valence-corrected chi connectivity index (χ0v) is 17.0. The van der Waals surface area contributed by atoms with E-state index in [1.54, 1.807) is 4.90 Å². The molecule has 1 saturated heterocycles. The average Bonchev–Trinajstić information content (AvgIpc) is 2.66. The quantitative estimate of drug-likeness (QED) is 0.791. The summed E-state index contributed by atoms with van der Waals surface area (Å²) in [6.45, 7) is 4.38. The molecule has 158 valence electrons. The van der Waals surface area contributed by atoms with Gasteiger partial charge in [0, 0.05) is 46.5 Å². The number of nitrogens with two attached hydrogens (primary N) is 1. The third-order valence-corrected chi connectivity index (χ3v) is 5.02. The molecule has 8 nitrogen and oxygen atoms in total. The molecule has 0 unspecified atom stereocenters. The maximum Gasteiger partial charge on any atom is 0.417 e. The Morgan fingerprint density at radius 2 is 1.79 bits per heavy atom. The van der Waals surface area contributed by atoms with E-state index in [2.05, 4.69) is 24.8 Å². The predicted molar refractivity (Wildman–Crippen MR) is 105 cm³/mol. The number of anilines is 3. The number of pyridine rings is 1. The van der Waals surface area contributed by atoms with E-state index < -0.39 is 11.7 Å². The fraction of sp³-hybridized carbons (Fsp3) is 0.529. The van der Waals surface area contributed by atoms with E-state index in [0.29, 0.717) is 43.8 Å². The van der Waals surface area contributed by atoms with Crippen LogP contribution < -0.4 is 15.5 Å². The fourth-order valence-electron chi connectivity index (χ4n) is 3.09. The highest BCUT2D eigenvalue weighted by Crippen LogP contribution is 2.34. The first kappa shape index (κ1) is 21.3. The molecule has 1 fully saturated rings. The van der Waals surface area contributed by atoms with E-state index in [-0.39, 0.29) is 17.0 Å². The summed E-state index contributed by atoms with van der Waals surface area (Å²) >= 11 is 6.06. The van der Waals surface area contributed by atoms with Gasteiger partial charge in [-0.25, -0.2) is 4.98 Å². The first-order valence-corrected chi connectivity index (χ1v) is 9.34. The van der Waals surface area contributed by atoms with Crippen LogP contribution in [0.3, 0.4) is 0 Å². The molecular formula is C17H22ClF3N8. The van der Waals surface area contributed by atoms with Gasteiger partial charge in [0.25, 0.3) is 0 Å². The van der Waals surface area contributed by atoms with Crippen LogP contribution in [0.2, 0.25) is 5.02 Å². The molecule has 0 bridgehead atoms. The van der Waals surface area contributed by atoms with Crippen LogP contribution in [0.5, 0.6) is 0 Å². The van der Waals surface area contributed by atoms with E-state index in [9.17, 15) is 13.2 Å². The van der Waals surface area contributed by atoms with Crippen molar-refractivity contribution >= 4 is 29.3 Å². The zero-order valence-electron chi connectivity index (χ0n) is 16.3. The molecule has 3 rings (SSSR count). The first-order chi connectivity index (χ1) is 13.6. The maximum absolute atomic E-state index is 12.8. The standard InChI is InChI=1S/C17H22ClF3N8/c1-10(13-24-15(22)26-16(25-13)27(2)3)28-4-6-29(7-5-28)14-12(18)8-11(9-23-14)17(19,20)21/h8-10H,4-7H2,1-3H3,(H2,22,24,25,26)/t10-/m1/s1. The molecule has 0 radical (unpaired) electrons. The fourth-order valence-corrected chi connectivity index (χ4v) is 3.37. The van der Waals surface area contributed by atoms with Crippen LogP contribution >= 0.6 is 11.6 Å². The predicted octanol–water partition coefficient (Wildman–Crippen LogP) is 2.47. The van der Waals surface area contributed by atoms with Gasteiger partial charge in [0.1, 0.15) is 5.82 Å². The van der Waals surface area contributed by atoms with Gasteiger partial charge in [0.2, 0.25) is 11.9 Å². The molecule has 29 heavy (non-hydrogen) atoms. The van der Waals surface area contributed by atoms with Crippen molar-refractivity contribution in [3.8, 4) is 0 Å². The Bertz CT molecular complexity index is 868. The van der Waals surface area contributed by atoms with Gasteiger partial charge in [-0.1, -0.05) is 11.6 Å². The molecule has 3 heterocycles. The minimum Gasteiger partial charge on any atom is -0.368 e. The van der Waals surface area contributed by atoms with Crippen molar-refractivity contribution in [2.75, 3.05) is 55.8 Å². The molecule has 0 aromatic carbocycles. The van der Waals surface area contributed by atoms with E-state index in [4.69, 9.17) is 17.3 Å². The second kappa shape index (κ2) is 8.15. The van der Waals surface area contributed by atoms with Crippen molar-refractivity contribution in [3.63, 3.8) is 0 Å². The Morgan fingerprint density at radius 3 is 2.34 bits per heavy atom. The molecule has 2 N–H and O–H groups in total. The molecule has 0 aliphatic carbocycles. The van der Waals surface area contributed by atoms with Crippen LogP contribution in [-0.4, -0.2) is 65.1 Å². The molecule has 1 aliphatic heterocycles. The zero-order chi connectivity index (χ0) is 21.3. The molecule has 2 aromatic rings. The van der Waals surface area contributed by atoms with Crippen LogP contribution in [0.1, 0.15) is 24.4 Å². The summed E-state index contributed by atoms with van der Waals surface area (Å²) < 4.78 is 38.4. The van der Waals surface area contributed by atoms with Crippen LogP contribution in [0.4, 0.5) is 30.9 Å². The number of rotatable bonds is 4. The lowest BCUT2D eigenvalue weighted by Crippen LogP contribution is -2.47. The van der Waals surface area contributed by atoms with Crippen LogP contribution in [-0.2, 0) is 6.18 Å². The van der Waals surface area contributed by atoms with Gasteiger partial charge in [-0.2, -0.15) is 28.1 Å². The van der Waals surface area contributed by atoms with Crippen molar-refractivity contribution in [1.82, 2.24) is 24.8 Å². The summed E-state index contributed by atoms with van der Waals surface area (Å²) in [5.41, 5.74) is 4.94. The lowest BCUT2D eigenvalue weighted by molar-refractivity contribution is -0.137. The SMILES string of the molecule is C[C@H](c1nc(N)nc(N(C)C)n1)N1CCN(c2ncc(C(F)(F)F)cc2Cl)CC1. The Morgan fingerprint density at radius 1 is 1.14 bits per heavy atom. The number of hydrogen-bond donors (Lipinski definition) is 1. The minimum atomic E-state index is -4.47. The van der Waals surface area contributed by atoms with Gasteiger partial charge in [-0.05, 0) is 13.0 Å². The lowest BCUT2D eigenvalue weighted by atomic mass is 10.2. The molecule has 1 atom stereocenters. The van der Waals surface area contributed by atoms with Gasteiger partial charge < -0.3 is 15.5 Å². The van der Waals surface area contributed by atoms with Crippen molar-refractivity contribution in [2.45, 2.75) is 19.1 Å². The van der Waals surface area contributed by atoms with Gasteiger partial charge >= 0.3 is 6.18 Å². The molecule has 12 heteroatoms. The van der Waals surface area contributed by atoms with E-state index in [0.717, 1.165) is 12.3 Å². The van der Waals surface area contributed by atoms with Crippen LogP contribution in [0.25, 0.3) is 0 Å². The Labute approximate surface area is 171 Å². The molecule has 2 aromatic heterocycles. The summed E-state index contributed by atoms with van der Waals surface area (Å²) in [5, 5.41) is -0.0119. The maximum atomic E-state index is 12.8. The topological polar surface area (TPSA) is 87.3 Å².